The Labute approximate surface area is 168 Å². The van der Waals surface area contributed by atoms with Gasteiger partial charge in [0.05, 0.1) is 24.6 Å². The number of allylic oxidation sites excluding steroid dienone is 1. The van der Waals surface area contributed by atoms with E-state index in [9.17, 15) is 9.59 Å². The number of carbonyl (C=O) groups excluding carboxylic acids is 1. The lowest BCUT2D eigenvalue weighted by Gasteiger charge is -2.18. The summed E-state index contributed by atoms with van der Waals surface area (Å²) >= 11 is 0. The SMILES string of the molecule is CC=Cc1ccc(OCC(=O)N(C)Cc2nc3ccccc3c(=O)[nH]2)c(OC)c1. The fourth-order valence-electron chi connectivity index (χ4n) is 2.87. The van der Waals surface area contributed by atoms with Gasteiger partial charge in [0.1, 0.15) is 5.82 Å². The molecule has 150 valence electrons. The lowest BCUT2D eigenvalue weighted by molar-refractivity contribution is -0.132. The molecule has 1 amide bonds. The third-order valence-electron chi connectivity index (χ3n) is 4.37. The first-order valence-electron chi connectivity index (χ1n) is 9.17. The second kappa shape index (κ2) is 9.05. The predicted molar refractivity (Wildman–Crippen MR) is 112 cm³/mol. The fraction of sp³-hybridized carbons (Fsp3) is 0.227. The van der Waals surface area contributed by atoms with Crippen molar-refractivity contribution >= 4 is 22.9 Å². The molecular weight excluding hydrogens is 370 g/mol. The van der Waals surface area contributed by atoms with E-state index in [1.165, 1.54) is 4.90 Å². The minimum atomic E-state index is -0.250. The minimum absolute atomic E-state index is 0.159. The summed E-state index contributed by atoms with van der Waals surface area (Å²) in [6.45, 7) is 1.94. The van der Waals surface area contributed by atoms with Gasteiger partial charge in [-0.2, -0.15) is 0 Å². The zero-order chi connectivity index (χ0) is 20.8. The molecule has 0 aliphatic heterocycles. The molecule has 2 aromatic carbocycles. The summed E-state index contributed by atoms with van der Waals surface area (Å²) in [4.78, 5) is 33.2. The molecule has 0 radical (unpaired) electrons. The Bertz CT molecular complexity index is 1100. The van der Waals surface area contributed by atoms with Crippen molar-refractivity contribution in [3.05, 3.63) is 70.3 Å². The number of methoxy groups -OCH3 is 1. The first-order chi connectivity index (χ1) is 14.0. The Balaban J connectivity index is 1.66. The van der Waals surface area contributed by atoms with E-state index in [-0.39, 0.29) is 24.6 Å². The fourth-order valence-corrected chi connectivity index (χ4v) is 2.87. The van der Waals surface area contributed by atoms with Crippen LogP contribution in [0.5, 0.6) is 11.5 Å². The number of nitrogens with one attached hydrogen (secondary N) is 1. The highest BCUT2D eigenvalue weighted by atomic mass is 16.5. The van der Waals surface area contributed by atoms with Gasteiger partial charge in [-0.3, -0.25) is 9.59 Å². The zero-order valence-corrected chi connectivity index (χ0v) is 16.6. The van der Waals surface area contributed by atoms with E-state index in [2.05, 4.69) is 9.97 Å². The van der Waals surface area contributed by atoms with Crippen molar-refractivity contribution in [3.63, 3.8) is 0 Å². The Morgan fingerprint density at radius 1 is 1.21 bits per heavy atom. The summed E-state index contributed by atoms with van der Waals surface area (Å²) in [7, 11) is 3.19. The van der Waals surface area contributed by atoms with Gasteiger partial charge in [-0.25, -0.2) is 4.98 Å². The van der Waals surface area contributed by atoms with Crippen LogP contribution in [-0.2, 0) is 11.3 Å². The third-order valence-corrected chi connectivity index (χ3v) is 4.37. The standard InChI is InChI=1S/C22H23N3O4/c1-4-7-15-10-11-18(19(12-15)28-3)29-14-21(26)25(2)13-20-23-17-9-6-5-8-16(17)22(27)24-20/h4-12H,13-14H2,1-3H3,(H,23,24,27). The summed E-state index contributed by atoms with van der Waals surface area (Å²) in [5, 5.41) is 0.516. The van der Waals surface area contributed by atoms with Crippen LogP contribution in [0.2, 0.25) is 0 Å². The molecule has 0 unspecified atom stereocenters. The van der Waals surface area contributed by atoms with Crippen LogP contribution >= 0.6 is 0 Å². The average Bonchev–Trinajstić information content (AvgIpc) is 2.72. The van der Waals surface area contributed by atoms with Gasteiger partial charge in [0.15, 0.2) is 18.1 Å². The van der Waals surface area contributed by atoms with Gasteiger partial charge in [-0.15, -0.1) is 0 Å². The lowest BCUT2D eigenvalue weighted by Crippen LogP contribution is -2.32. The highest BCUT2D eigenvalue weighted by Crippen LogP contribution is 2.28. The predicted octanol–water partition coefficient (Wildman–Crippen LogP) is 3.00. The van der Waals surface area contributed by atoms with Gasteiger partial charge in [-0.1, -0.05) is 30.4 Å². The molecule has 7 heteroatoms. The van der Waals surface area contributed by atoms with Gasteiger partial charge in [-0.05, 0) is 36.8 Å². The number of H-pyrrole nitrogens is 1. The van der Waals surface area contributed by atoms with E-state index in [0.29, 0.717) is 28.2 Å². The topological polar surface area (TPSA) is 84.5 Å². The Hall–Kier alpha value is -3.61. The van der Waals surface area contributed by atoms with Gasteiger partial charge in [0.25, 0.3) is 11.5 Å². The summed E-state index contributed by atoms with van der Waals surface area (Å²) in [5.41, 5.74) is 1.34. The Morgan fingerprint density at radius 3 is 2.76 bits per heavy atom. The van der Waals surface area contributed by atoms with Crippen LogP contribution in [0.1, 0.15) is 18.3 Å². The van der Waals surface area contributed by atoms with Crippen molar-refractivity contribution in [1.82, 2.24) is 14.9 Å². The maximum absolute atomic E-state index is 12.5. The van der Waals surface area contributed by atoms with Crippen molar-refractivity contribution < 1.29 is 14.3 Å². The highest BCUT2D eigenvalue weighted by molar-refractivity contribution is 5.78. The van der Waals surface area contributed by atoms with Crippen molar-refractivity contribution in [2.24, 2.45) is 0 Å². The maximum atomic E-state index is 12.5. The van der Waals surface area contributed by atoms with E-state index in [1.807, 2.05) is 37.3 Å². The molecule has 0 spiro atoms. The number of hydrogen-bond acceptors (Lipinski definition) is 5. The number of amides is 1. The van der Waals surface area contributed by atoms with Gasteiger partial charge < -0.3 is 19.4 Å². The minimum Gasteiger partial charge on any atom is -0.493 e. The first-order valence-corrected chi connectivity index (χ1v) is 9.17. The molecular formula is C22H23N3O4. The first kappa shape index (κ1) is 20.1. The molecule has 7 nitrogen and oxygen atoms in total. The summed E-state index contributed by atoms with van der Waals surface area (Å²) in [6, 6.07) is 12.6. The molecule has 1 aromatic heterocycles. The van der Waals surface area contributed by atoms with E-state index in [4.69, 9.17) is 9.47 Å². The number of aromatic nitrogens is 2. The normalized spacial score (nSPS) is 11.0. The molecule has 0 aliphatic carbocycles. The average molecular weight is 393 g/mol. The largest absolute Gasteiger partial charge is 0.493 e. The molecule has 3 aromatic rings. The molecule has 0 saturated heterocycles. The van der Waals surface area contributed by atoms with E-state index >= 15 is 0 Å². The molecule has 0 aliphatic rings. The van der Waals surface area contributed by atoms with Crippen LogP contribution in [0.3, 0.4) is 0 Å². The summed E-state index contributed by atoms with van der Waals surface area (Å²) in [5.74, 6) is 1.20. The zero-order valence-electron chi connectivity index (χ0n) is 16.6. The molecule has 0 atom stereocenters. The van der Waals surface area contributed by atoms with E-state index in [0.717, 1.165) is 5.56 Å². The lowest BCUT2D eigenvalue weighted by atomic mass is 10.2. The maximum Gasteiger partial charge on any atom is 0.260 e. The number of rotatable bonds is 7. The number of carbonyl (C=O) groups is 1. The molecule has 0 saturated carbocycles. The van der Waals surface area contributed by atoms with Crippen LogP contribution in [0.15, 0.2) is 53.3 Å². The van der Waals surface area contributed by atoms with Crippen LogP contribution in [0.4, 0.5) is 0 Å². The number of nitrogens with zero attached hydrogens (tertiary/aromatic N) is 2. The smallest absolute Gasteiger partial charge is 0.260 e. The van der Waals surface area contributed by atoms with Crippen molar-refractivity contribution in [3.8, 4) is 11.5 Å². The second-order valence-electron chi connectivity index (χ2n) is 6.48. The molecule has 3 rings (SSSR count). The summed E-state index contributed by atoms with van der Waals surface area (Å²) < 4.78 is 11.0. The highest BCUT2D eigenvalue weighted by Gasteiger charge is 2.14. The molecule has 1 N–H and O–H groups in total. The number of benzene rings is 2. The molecule has 29 heavy (non-hydrogen) atoms. The number of para-hydroxylation sites is 1. The monoisotopic (exact) mass is 393 g/mol. The Morgan fingerprint density at radius 2 is 2.00 bits per heavy atom. The van der Waals surface area contributed by atoms with Crippen LogP contribution < -0.4 is 15.0 Å². The number of hydrogen-bond donors (Lipinski definition) is 1. The van der Waals surface area contributed by atoms with Crippen LogP contribution in [0, 0.1) is 0 Å². The van der Waals surface area contributed by atoms with Crippen molar-refractivity contribution in [2.45, 2.75) is 13.5 Å². The van der Waals surface area contributed by atoms with Gasteiger partial charge >= 0.3 is 0 Å². The number of aromatic amines is 1. The Kier molecular flexibility index (Phi) is 6.29. The number of ether oxygens (including phenoxy) is 2. The quantitative estimate of drug-likeness (QED) is 0.667. The van der Waals surface area contributed by atoms with Crippen molar-refractivity contribution in [1.29, 1.82) is 0 Å². The van der Waals surface area contributed by atoms with Gasteiger partial charge in [0, 0.05) is 7.05 Å². The van der Waals surface area contributed by atoms with Crippen LogP contribution in [0.25, 0.3) is 17.0 Å². The van der Waals surface area contributed by atoms with E-state index in [1.54, 1.807) is 38.4 Å². The molecule has 0 fully saturated rings. The molecule has 0 bridgehead atoms. The third kappa shape index (κ3) is 4.82. The molecule has 1 heterocycles. The van der Waals surface area contributed by atoms with E-state index < -0.39 is 0 Å². The second-order valence-corrected chi connectivity index (χ2v) is 6.48. The summed E-state index contributed by atoms with van der Waals surface area (Å²) in [6.07, 6.45) is 3.88. The number of likely N-dealkylation sites (N-methyl/N-ethyl adjacent to an activating group) is 1. The van der Waals surface area contributed by atoms with Crippen molar-refractivity contribution in [2.75, 3.05) is 20.8 Å². The van der Waals surface area contributed by atoms with Crippen LogP contribution in [-0.4, -0.2) is 41.5 Å². The number of fused-ring (bicyclic) bond motifs is 1. The van der Waals surface area contributed by atoms with Gasteiger partial charge in [0.2, 0.25) is 0 Å².